The Morgan fingerprint density at radius 3 is 2.74 bits per heavy atom. The Morgan fingerprint density at radius 1 is 1.35 bits per heavy atom. The van der Waals surface area contributed by atoms with E-state index >= 15 is 0 Å². The molecule has 0 amide bonds. The normalized spacial score (nSPS) is 11.0. The summed E-state index contributed by atoms with van der Waals surface area (Å²) in [7, 11) is 0. The van der Waals surface area contributed by atoms with E-state index in [0.717, 1.165) is 29.3 Å². The monoisotopic (exact) mass is 346 g/mol. The van der Waals surface area contributed by atoms with Gasteiger partial charge in [0.05, 0.1) is 11.1 Å². The number of carbonyl (C=O) groups is 1. The number of nitrogens with one attached hydrogen (secondary N) is 1. The molecule has 3 aromatic rings. The molecule has 0 atom stereocenters. The largest absolute Gasteiger partial charge is 0.481 e. The fraction of sp³-hybridized carbons (Fsp3) is 0.188. The van der Waals surface area contributed by atoms with Gasteiger partial charge in [-0.3, -0.25) is 9.59 Å². The highest BCUT2D eigenvalue weighted by Crippen LogP contribution is 2.31. The molecule has 0 bridgehead atoms. The average Bonchev–Trinajstić information content (AvgIpc) is 2.97. The highest BCUT2D eigenvalue weighted by molar-refractivity contribution is 7.99. The van der Waals surface area contributed by atoms with Crippen LogP contribution in [0.2, 0.25) is 0 Å². The zero-order chi connectivity index (χ0) is 16.4. The second-order valence-corrected chi connectivity index (χ2v) is 6.76. The van der Waals surface area contributed by atoms with Crippen molar-refractivity contribution in [2.75, 3.05) is 5.75 Å². The number of aromatic amines is 1. The van der Waals surface area contributed by atoms with Crippen molar-refractivity contribution in [3.8, 4) is 11.1 Å². The van der Waals surface area contributed by atoms with E-state index < -0.39 is 5.97 Å². The van der Waals surface area contributed by atoms with Crippen LogP contribution in [0.15, 0.2) is 39.6 Å². The first-order valence-electron chi connectivity index (χ1n) is 7.04. The Labute approximate surface area is 140 Å². The van der Waals surface area contributed by atoms with E-state index in [1.165, 1.54) is 16.9 Å². The molecule has 118 valence electrons. The number of carboxylic acid groups (broad SMARTS) is 1. The summed E-state index contributed by atoms with van der Waals surface area (Å²) < 4.78 is 0. The SMILES string of the molecule is CCc1ccc(-c2csc3nc(SCC(=O)O)[nH]c(=O)c23)cc1. The molecule has 0 spiro atoms. The predicted molar refractivity (Wildman–Crippen MR) is 93.4 cm³/mol. The molecule has 23 heavy (non-hydrogen) atoms. The summed E-state index contributed by atoms with van der Waals surface area (Å²) >= 11 is 2.40. The van der Waals surface area contributed by atoms with Crippen molar-refractivity contribution >= 4 is 39.3 Å². The molecule has 2 aromatic heterocycles. The molecule has 5 nitrogen and oxygen atoms in total. The highest BCUT2D eigenvalue weighted by Gasteiger charge is 2.13. The molecular weight excluding hydrogens is 332 g/mol. The standard InChI is InChI=1S/C16H14N2O3S2/c1-2-9-3-5-10(6-4-9)11-7-22-15-13(11)14(21)17-16(18-15)23-8-12(19)20/h3-7H,2,8H2,1H3,(H,19,20)(H,17,18,21). The third kappa shape index (κ3) is 3.30. The van der Waals surface area contributed by atoms with Crippen LogP contribution in [-0.2, 0) is 11.2 Å². The smallest absolute Gasteiger partial charge is 0.313 e. The molecule has 2 heterocycles. The Bertz CT molecular complexity index is 913. The minimum absolute atomic E-state index is 0.134. The minimum atomic E-state index is -0.944. The van der Waals surface area contributed by atoms with Gasteiger partial charge in [-0.05, 0) is 17.5 Å². The van der Waals surface area contributed by atoms with Crippen molar-refractivity contribution in [3.05, 3.63) is 45.6 Å². The number of hydrogen-bond donors (Lipinski definition) is 2. The van der Waals surface area contributed by atoms with Crippen LogP contribution < -0.4 is 5.56 Å². The number of carboxylic acids is 1. The van der Waals surface area contributed by atoms with Gasteiger partial charge in [-0.1, -0.05) is 43.0 Å². The maximum Gasteiger partial charge on any atom is 0.313 e. The second-order valence-electron chi connectivity index (χ2n) is 4.93. The maximum absolute atomic E-state index is 12.4. The predicted octanol–water partition coefficient (Wildman–Crippen LogP) is 3.39. The molecule has 1 aromatic carbocycles. The van der Waals surface area contributed by atoms with Gasteiger partial charge in [0.1, 0.15) is 4.83 Å². The third-order valence-corrected chi connectivity index (χ3v) is 5.16. The summed E-state index contributed by atoms with van der Waals surface area (Å²) in [5.74, 6) is -1.08. The Kier molecular flexibility index (Phi) is 4.49. The molecule has 0 radical (unpaired) electrons. The molecule has 0 fully saturated rings. The van der Waals surface area contributed by atoms with Crippen LogP contribution in [0.5, 0.6) is 0 Å². The topological polar surface area (TPSA) is 83.0 Å². The van der Waals surface area contributed by atoms with Crippen LogP contribution >= 0.6 is 23.1 Å². The third-order valence-electron chi connectivity index (χ3n) is 3.43. The Morgan fingerprint density at radius 2 is 2.09 bits per heavy atom. The molecule has 0 saturated heterocycles. The molecule has 0 aliphatic rings. The Hall–Kier alpha value is -2.12. The van der Waals surface area contributed by atoms with Gasteiger partial charge in [-0.2, -0.15) is 0 Å². The summed E-state index contributed by atoms with van der Waals surface area (Å²) in [6, 6.07) is 8.12. The van der Waals surface area contributed by atoms with Gasteiger partial charge >= 0.3 is 5.97 Å². The minimum Gasteiger partial charge on any atom is -0.481 e. The van der Waals surface area contributed by atoms with E-state index in [0.29, 0.717) is 15.4 Å². The first-order chi connectivity index (χ1) is 11.1. The number of hydrogen-bond acceptors (Lipinski definition) is 5. The van der Waals surface area contributed by atoms with Gasteiger partial charge in [0.15, 0.2) is 5.16 Å². The molecular formula is C16H14N2O3S2. The van der Waals surface area contributed by atoms with Crippen LogP contribution in [0.4, 0.5) is 0 Å². The molecule has 0 aliphatic heterocycles. The number of H-pyrrole nitrogens is 1. The number of aromatic nitrogens is 2. The van der Waals surface area contributed by atoms with Crippen molar-refractivity contribution < 1.29 is 9.90 Å². The molecule has 2 N–H and O–H groups in total. The lowest BCUT2D eigenvalue weighted by molar-refractivity contribution is -0.133. The van der Waals surface area contributed by atoms with E-state index in [9.17, 15) is 9.59 Å². The van der Waals surface area contributed by atoms with Gasteiger partial charge < -0.3 is 10.1 Å². The highest BCUT2D eigenvalue weighted by atomic mass is 32.2. The maximum atomic E-state index is 12.4. The summed E-state index contributed by atoms with van der Waals surface area (Å²) in [6.45, 7) is 2.10. The summed E-state index contributed by atoms with van der Waals surface area (Å²) in [6.07, 6.45) is 0.969. The van der Waals surface area contributed by atoms with Crippen LogP contribution in [0, 0.1) is 0 Å². The summed E-state index contributed by atoms with van der Waals surface area (Å²) in [5, 5.41) is 11.5. The number of thiophene rings is 1. The number of fused-ring (bicyclic) bond motifs is 1. The lowest BCUT2D eigenvalue weighted by atomic mass is 10.0. The molecule has 3 rings (SSSR count). The zero-order valence-corrected chi connectivity index (χ0v) is 14.0. The van der Waals surface area contributed by atoms with Crippen molar-refractivity contribution in [1.82, 2.24) is 9.97 Å². The second kappa shape index (κ2) is 6.55. The Balaban J connectivity index is 2.03. The van der Waals surface area contributed by atoms with Crippen molar-refractivity contribution in [2.24, 2.45) is 0 Å². The zero-order valence-electron chi connectivity index (χ0n) is 12.3. The van der Waals surface area contributed by atoms with E-state index in [2.05, 4.69) is 29.0 Å². The van der Waals surface area contributed by atoms with E-state index in [4.69, 9.17) is 5.11 Å². The number of rotatable bonds is 5. The molecule has 0 saturated carbocycles. The van der Waals surface area contributed by atoms with Gasteiger partial charge in [0, 0.05) is 10.9 Å². The molecule has 0 aliphatic carbocycles. The van der Waals surface area contributed by atoms with Gasteiger partial charge in [-0.15, -0.1) is 11.3 Å². The summed E-state index contributed by atoms with van der Waals surface area (Å²) in [5.41, 5.74) is 2.84. The van der Waals surface area contributed by atoms with Gasteiger partial charge in [-0.25, -0.2) is 4.98 Å². The van der Waals surface area contributed by atoms with E-state index in [1.54, 1.807) is 0 Å². The van der Waals surface area contributed by atoms with Crippen LogP contribution in [-0.4, -0.2) is 26.8 Å². The van der Waals surface area contributed by atoms with Crippen molar-refractivity contribution in [3.63, 3.8) is 0 Å². The first-order valence-corrected chi connectivity index (χ1v) is 8.90. The van der Waals surface area contributed by atoms with Crippen molar-refractivity contribution in [2.45, 2.75) is 18.5 Å². The van der Waals surface area contributed by atoms with Gasteiger partial charge in [0.2, 0.25) is 0 Å². The number of benzene rings is 1. The molecule has 7 heteroatoms. The summed E-state index contributed by atoms with van der Waals surface area (Å²) in [4.78, 5) is 30.6. The lowest BCUT2D eigenvalue weighted by Gasteiger charge is -2.02. The van der Waals surface area contributed by atoms with E-state index in [1.807, 2.05) is 17.5 Å². The number of aliphatic carboxylic acids is 1. The fourth-order valence-electron chi connectivity index (χ4n) is 2.26. The van der Waals surface area contributed by atoms with Crippen LogP contribution in [0.3, 0.4) is 0 Å². The quantitative estimate of drug-likeness (QED) is 0.546. The first kappa shape index (κ1) is 15.8. The van der Waals surface area contributed by atoms with Crippen LogP contribution in [0.1, 0.15) is 12.5 Å². The molecule has 0 unspecified atom stereocenters. The number of thioether (sulfide) groups is 1. The number of aryl methyl sites for hydroxylation is 1. The fourth-order valence-corrected chi connectivity index (χ4v) is 3.85. The van der Waals surface area contributed by atoms with Crippen molar-refractivity contribution in [1.29, 1.82) is 0 Å². The van der Waals surface area contributed by atoms with Gasteiger partial charge in [0.25, 0.3) is 5.56 Å². The van der Waals surface area contributed by atoms with E-state index in [-0.39, 0.29) is 11.3 Å². The lowest BCUT2D eigenvalue weighted by Crippen LogP contribution is -2.09. The number of nitrogens with zero attached hydrogens (tertiary/aromatic N) is 1. The average molecular weight is 346 g/mol. The van der Waals surface area contributed by atoms with Crippen LogP contribution in [0.25, 0.3) is 21.3 Å².